The molecule has 198 valence electrons. The van der Waals surface area contributed by atoms with Gasteiger partial charge in [0.2, 0.25) is 29.5 Å². The molecule has 0 aliphatic rings. The molecule has 2 aromatic rings. The van der Waals surface area contributed by atoms with Crippen LogP contribution in [0.3, 0.4) is 0 Å². The summed E-state index contributed by atoms with van der Waals surface area (Å²) in [6, 6.07) is 18.2. The first-order valence-corrected chi connectivity index (χ1v) is 12.6. The Morgan fingerprint density at radius 1 is 0.568 bits per heavy atom. The van der Waals surface area contributed by atoms with Crippen LogP contribution in [-0.4, -0.2) is 67.8 Å². The fourth-order valence-corrected chi connectivity index (χ4v) is 3.10. The Bertz CT molecular complexity index is 1050. The molecule has 0 aromatic heterocycles. The zero-order chi connectivity index (χ0) is 26.9. The number of hydrogen-bond donors (Lipinski definition) is 5. The highest BCUT2D eigenvalue weighted by atomic mass is 79.9. The van der Waals surface area contributed by atoms with Crippen LogP contribution in [-0.2, 0) is 41.7 Å². The number of amides is 5. The standard InChI is InChI=1S/C25H30BrN5O6/c26-11-21(32)27-12-22(33)28-13-23(34)29-14-24(35)30-15-25(36)31-17-37-16-20-8-6-19(7-9-20)10-18-4-2-1-3-5-18/h1-9H,10-17H2,(H,27,32)(H,28,33)(H,29,34)(H,30,35)(H,31,36). The van der Waals surface area contributed by atoms with E-state index < -0.39 is 23.6 Å². The van der Waals surface area contributed by atoms with Crippen LogP contribution in [0, 0.1) is 0 Å². The molecule has 11 nitrogen and oxygen atoms in total. The lowest BCUT2D eigenvalue weighted by Gasteiger charge is -2.09. The lowest BCUT2D eigenvalue weighted by Crippen LogP contribution is -2.45. The number of ether oxygens (including phenoxy) is 1. The summed E-state index contributed by atoms with van der Waals surface area (Å²) in [5.41, 5.74) is 3.40. The molecule has 0 unspecified atom stereocenters. The third-order valence-corrected chi connectivity index (χ3v) is 5.33. The maximum atomic E-state index is 11.9. The van der Waals surface area contributed by atoms with Gasteiger partial charge in [-0.3, -0.25) is 24.0 Å². The fourth-order valence-electron chi connectivity index (χ4n) is 2.90. The normalized spacial score (nSPS) is 10.2. The summed E-state index contributed by atoms with van der Waals surface area (Å²) < 4.78 is 5.46. The van der Waals surface area contributed by atoms with E-state index in [-0.39, 0.29) is 44.1 Å². The average Bonchev–Trinajstić information content (AvgIpc) is 2.92. The van der Waals surface area contributed by atoms with E-state index in [1.165, 1.54) is 11.1 Å². The van der Waals surface area contributed by atoms with Crippen molar-refractivity contribution in [3.8, 4) is 0 Å². The number of rotatable bonds is 15. The minimum absolute atomic E-state index is 0.0208. The molecule has 2 aromatic carbocycles. The molecule has 0 saturated heterocycles. The molecule has 0 heterocycles. The zero-order valence-corrected chi connectivity index (χ0v) is 21.8. The van der Waals surface area contributed by atoms with E-state index in [0.717, 1.165) is 12.0 Å². The largest absolute Gasteiger partial charge is 0.357 e. The second-order valence-corrected chi connectivity index (χ2v) is 8.37. The van der Waals surface area contributed by atoms with E-state index in [1.807, 2.05) is 42.5 Å². The molecular weight excluding hydrogens is 546 g/mol. The van der Waals surface area contributed by atoms with Crippen LogP contribution in [0.25, 0.3) is 0 Å². The first-order chi connectivity index (χ1) is 17.9. The van der Waals surface area contributed by atoms with Crippen molar-refractivity contribution >= 4 is 45.5 Å². The number of carbonyl (C=O) groups is 5. The van der Waals surface area contributed by atoms with Gasteiger partial charge in [-0.1, -0.05) is 70.5 Å². The Kier molecular flexibility index (Phi) is 13.4. The van der Waals surface area contributed by atoms with Gasteiger partial charge in [-0.2, -0.15) is 0 Å². The lowest BCUT2D eigenvalue weighted by molar-refractivity contribution is -0.129. The third-order valence-electron chi connectivity index (χ3n) is 4.82. The smallest absolute Gasteiger partial charge is 0.241 e. The minimum atomic E-state index is -0.596. The van der Waals surface area contributed by atoms with E-state index in [1.54, 1.807) is 0 Å². The molecule has 37 heavy (non-hydrogen) atoms. The van der Waals surface area contributed by atoms with Gasteiger partial charge in [0.05, 0.1) is 38.1 Å². The van der Waals surface area contributed by atoms with E-state index in [9.17, 15) is 24.0 Å². The van der Waals surface area contributed by atoms with Gasteiger partial charge in [-0.25, -0.2) is 0 Å². The topological polar surface area (TPSA) is 155 Å². The summed E-state index contributed by atoms with van der Waals surface area (Å²) in [4.78, 5) is 57.8. The van der Waals surface area contributed by atoms with Crippen LogP contribution in [0.5, 0.6) is 0 Å². The molecule has 0 atom stereocenters. The molecule has 0 saturated carbocycles. The highest BCUT2D eigenvalue weighted by Gasteiger charge is 2.10. The maximum absolute atomic E-state index is 11.9. The maximum Gasteiger partial charge on any atom is 0.241 e. The molecule has 2 rings (SSSR count). The number of halogens is 1. The van der Waals surface area contributed by atoms with Crippen molar-refractivity contribution < 1.29 is 28.7 Å². The Hall–Kier alpha value is -3.77. The Morgan fingerprint density at radius 3 is 1.51 bits per heavy atom. The van der Waals surface area contributed by atoms with Gasteiger partial charge in [0.15, 0.2) is 0 Å². The van der Waals surface area contributed by atoms with Crippen molar-refractivity contribution in [3.05, 3.63) is 71.3 Å². The Labute approximate surface area is 223 Å². The summed E-state index contributed by atoms with van der Waals surface area (Å²) in [5.74, 6) is -2.53. The lowest BCUT2D eigenvalue weighted by atomic mass is 10.0. The third kappa shape index (κ3) is 13.2. The van der Waals surface area contributed by atoms with Crippen molar-refractivity contribution in [3.63, 3.8) is 0 Å². The van der Waals surface area contributed by atoms with E-state index in [0.29, 0.717) is 6.61 Å². The highest BCUT2D eigenvalue weighted by molar-refractivity contribution is 9.09. The van der Waals surface area contributed by atoms with Crippen molar-refractivity contribution in [1.82, 2.24) is 26.6 Å². The highest BCUT2D eigenvalue weighted by Crippen LogP contribution is 2.11. The molecule has 0 aliphatic carbocycles. The molecule has 0 radical (unpaired) electrons. The SMILES string of the molecule is O=C(CBr)NCC(=O)NCC(=O)NCC(=O)NCC(=O)NCOCc1ccc(Cc2ccccc2)cc1. The number of hydrogen-bond acceptors (Lipinski definition) is 6. The van der Waals surface area contributed by atoms with Gasteiger partial charge in [0, 0.05) is 0 Å². The molecule has 0 fully saturated rings. The monoisotopic (exact) mass is 575 g/mol. The van der Waals surface area contributed by atoms with E-state index in [4.69, 9.17) is 4.74 Å². The summed E-state index contributed by atoms with van der Waals surface area (Å²) in [6.07, 6.45) is 0.850. The van der Waals surface area contributed by atoms with Crippen LogP contribution in [0.4, 0.5) is 0 Å². The van der Waals surface area contributed by atoms with Crippen LogP contribution >= 0.6 is 15.9 Å². The van der Waals surface area contributed by atoms with Gasteiger partial charge >= 0.3 is 0 Å². The molecule has 0 aliphatic heterocycles. The minimum Gasteiger partial charge on any atom is -0.357 e. The van der Waals surface area contributed by atoms with Crippen molar-refractivity contribution in [2.75, 3.05) is 38.2 Å². The molecule has 12 heteroatoms. The Morgan fingerprint density at radius 2 is 1.00 bits per heavy atom. The van der Waals surface area contributed by atoms with Crippen molar-refractivity contribution in [1.29, 1.82) is 0 Å². The zero-order valence-electron chi connectivity index (χ0n) is 20.2. The van der Waals surface area contributed by atoms with Crippen LogP contribution in [0.15, 0.2) is 54.6 Å². The molecule has 5 N–H and O–H groups in total. The Balaban J connectivity index is 1.51. The summed E-state index contributed by atoms with van der Waals surface area (Å²) in [5, 5.41) is 11.9. The second kappa shape index (κ2) is 16.8. The van der Waals surface area contributed by atoms with E-state index in [2.05, 4.69) is 54.6 Å². The molecule has 0 bridgehead atoms. The van der Waals surface area contributed by atoms with E-state index >= 15 is 0 Å². The number of carbonyl (C=O) groups excluding carboxylic acids is 5. The second-order valence-electron chi connectivity index (χ2n) is 7.81. The number of nitrogens with one attached hydrogen (secondary N) is 5. The average molecular weight is 576 g/mol. The quantitative estimate of drug-likeness (QED) is 0.112. The van der Waals surface area contributed by atoms with Gasteiger partial charge in [0.1, 0.15) is 6.73 Å². The van der Waals surface area contributed by atoms with Gasteiger partial charge < -0.3 is 31.3 Å². The summed E-state index contributed by atoms with van der Waals surface area (Å²) in [6.45, 7) is -0.964. The van der Waals surface area contributed by atoms with Crippen molar-refractivity contribution in [2.24, 2.45) is 0 Å². The first kappa shape index (κ1) is 29.5. The van der Waals surface area contributed by atoms with Gasteiger partial charge in [-0.05, 0) is 23.1 Å². The van der Waals surface area contributed by atoms with Gasteiger partial charge in [-0.15, -0.1) is 0 Å². The van der Waals surface area contributed by atoms with Crippen LogP contribution < -0.4 is 26.6 Å². The summed E-state index contributed by atoms with van der Waals surface area (Å²) in [7, 11) is 0. The predicted molar refractivity (Wildman–Crippen MR) is 139 cm³/mol. The number of alkyl halides is 1. The molecule has 5 amide bonds. The fraction of sp³-hybridized carbons (Fsp3) is 0.320. The van der Waals surface area contributed by atoms with Crippen LogP contribution in [0.1, 0.15) is 16.7 Å². The summed E-state index contributed by atoms with van der Waals surface area (Å²) >= 11 is 2.94. The van der Waals surface area contributed by atoms with Crippen LogP contribution in [0.2, 0.25) is 0 Å². The van der Waals surface area contributed by atoms with Gasteiger partial charge in [0.25, 0.3) is 0 Å². The van der Waals surface area contributed by atoms with Crippen molar-refractivity contribution in [2.45, 2.75) is 13.0 Å². The number of benzene rings is 2. The molecule has 0 spiro atoms. The first-order valence-electron chi connectivity index (χ1n) is 11.4. The predicted octanol–water partition coefficient (Wildman–Crippen LogP) is -0.273. The molecular formula is C25H30BrN5O6.